The molecule has 2 aromatic rings. The molecule has 1 fully saturated rings. The number of likely N-dealkylation sites (N-methyl/N-ethyl adjacent to an activating group) is 1. The molecule has 2 aromatic carbocycles. The number of methoxy groups -OCH3 is 2. The van der Waals surface area contributed by atoms with Crippen molar-refractivity contribution in [3.05, 3.63) is 47.5 Å². The van der Waals surface area contributed by atoms with Crippen molar-refractivity contribution in [2.24, 2.45) is 0 Å². The van der Waals surface area contributed by atoms with Gasteiger partial charge in [-0.3, -0.25) is 9.59 Å². The Kier molecular flexibility index (Phi) is 5.53. The normalized spacial score (nSPS) is 17.8. The highest BCUT2D eigenvalue weighted by Gasteiger charge is 2.38. The van der Waals surface area contributed by atoms with E-state index in [0.29, 0.717) is 23.6 Å². The molecular weight excluding hydrogens is 382 g/mol. The summed E-state index contributed by atoms with van der Waals surface area (Å²) in [5.74, 6) is 1.25. The predicted octanol–water partition coefficient (Wildman–Crippen LogP) is 2.97. The van der Waals surface area contributed by atoms with E-state index in [0.717, 1.165) is 42.7 Å². The van der Waals surface area contributed by atoms with Gasteiger partial charge in [0.15, 0.2) is 0 Å². The Balaban J connectivity index is 1.53. The summed E-state index contributed by atoms with van der Waals surface area (Å²) < 4.78 is 10.6. The molecule has 2 amide bonds. The van der Waals surface area contributed by atoms with E-state index >= 15 is 0 Å². The summed E-state index contributed by atoms with van der Waals surface area (Å²) in [6.45, 7) is 1.20. The van der Waals surface area contributed by atoms with Gasteiger partial charge < -0.3 is 24.6 Å². The summed E-state index contributed by atoms with van der Waals surface area (Å²) in [6, 6.07) is 11.0. The van der Waals surface area contributed by atoms with Crippen molar-refractivity contribution in [3.63, 3.8) is 0 Å². The van der Waals surface area contributed by atoms with Gasteiger partial charge in [-0.25, -0.2) is 0 Å². The molecule has 7 nitrogen and oxygen atoms in total. The van der Waals surface area contributed by atoms with Crippen molar-refractivity contribution in [2.75, 3.05) is 37.6 Å². The first kappa shape index (κ1) is 20.1. The average Bonchev–Trinajstić information content (AvgIpc) is 2.80. The van der Waals surface area contributed by atoms with Gasteiger partial charge in [-0.05, 0) is 49.6 Å². The topological polar surface area (TPSA) is 71.1 Å². The van der Waals surface area contributed by atoms with Crippen LogP contribution in [0.15, 0.2) is 36.4 Å². The van der Waals surface area contributed by atoms with Crippen LogP contribution in [0, 0.1) is 0 Å². The number of hydrogen-bond acceptors (Lipinski definition) is 5. The number of fused-ring (bicyclic) bond motifs is 3. The largest absolute Gasteiger partial charge is 0.497 e. The minimum Gasteiger partial charge on any atom is -0.497 e. The number of piperidine rings is 1. The summed E-state index contributed by atoms with van der Waals surface area (Å²) >= 11 is 0. The van der Waals surface area contributed by atoms with E-state index in [4.69, 9.17) is 9.47 Å². The molecule has 1 saturated heterocycles. The maximum Gasteiger partial charge on any atom is 0.251 e. The monoisotopic (exact) mass is 409 g/mol. The lowest BCUT2D eigenvalue weighted by Crippen LogP contribution is -2.54. The highest BCUT2D eigenvalue weighted by atomic mass is 16.5. The lowest BCUT2D eigenvalue weighted by Gasteiger charge is -2.44. The van der Waals surface area contributed by atoms with Crippen molar-refractivity contribution in [1.82, 2.24) is 5.32 Å². The molecule has 0 spiro atoms. The van der Waals surface area contributed by atoms with Crippen LogP contribution in [-0.4, -0.2) is 45.7 Å². The number of hydrogen-bond donors (Lipinski definition) is 1. The smallest absolute Gasteiger partial charge is 0.251 e. The van der Waals surface area contributed by atoms with E-state index in [9.17, 15) is 9.59 Å². The number of anilines is 2. The molecule has 2 aliphatic heterocycles. The Morgan fingerprint density at radius 2 is 1.93 bits per heavy atom. The second-order valence-corrected chi connectivity index (χ2v) is 7.67. The lowest BCUT2D eigenvalue weighted by molar-refractivity contribution is -0.120. The fraction of sp³-hybridized carbons (Fsp3) is 0.391. The molecule has 0 aromatic heterocycles. The van der Waals surface area contributed by atoms with Gasteiger partial charge in [0.2, 0.25) is 5.91 Å². The van der Waals surface area contributed by atoms with Crippen LogP contribution in [-0.2, 0) is 11.3 Å². The van der Waals surface area contributed by atoms with E-state index in [2.05, 4.69) is 10.2 Å². The van der Waals surface area contributed by atoms with E-state index in [1.807, 2.05) is 24.3 Å². The summed E-state index contributed by atoms with van der Waals surface area (Å²) in [7, 11) is 4.97. The van der Waals surface area contributed by atoms with E-state index in [1.165, 1.54) is 0 Å². The predicted molar refractivity (Wildman–Crippen MR) is 116 cm³/mol. The standard InChI is InChI=1S/C23H27N3O4/c1-25-20-12-15(8-10-18(20)26-11-5-4-6-19(26)23(25)28)22(27)24-14-16-7-9-17(29-2)13-21(16)30-3/h7-10,12-13,19H,4-6,11,14H2,1-3H3,(H,24,27)/t19-/m1/s1. The maximum atomic E-state index is 12.8. The van der Waals surface area contributed by atoms with Crippen LogP contribution in [0.5, 0.6) is 11.5 Å². The first-order chi connectivity index (χ1) is 14.5. The molecule has 0 bridgehead atoms. The second-order valence-electron chi connectivity index (χ2n) is 7.67. The number of carbonyl (C=O) groups excluding carboxylic acids is 2. The number of amides is 2. The highest BCUT2D eigenvalue weighted by Crippen LogP contribution is 2.39. The SMILES string of the molecule is COc1ccc(CNC(=O)c2ccc3c(c2)N(C)C(=O)[C@H]2CCCCN32)c(OC)c1. The van der Waals surface area contributed by atoms with Crippen LogP contribution in [0.1, 0.15) is 35.2 Å². The minimum absolute atomic E-state index is 0.0848. The van der Waals surface area contributed by atoms with Gasteiger partial charge >= 0.3 is 0 Å². The fourth-order valence-corrected chi connectivity index (χ4v) is 4.27. The number of nitrogens with zero attached hydrogens (tertiary/aromatic N) is 2. The van der Waals surface area contributed by atoms with Crippen LogP contribution in [0.2, 0.25) is 0 Å². The third-order valence-corrected chi connectivity index (χ3v) is 5.96. The van der Waals surface area contributed by atoms with Gasteiger partial charge in [-0.2, -0.15) is 0 Å². The molecule has 2 aliphatic rings. The highest BCUT2D eigenvalue weighted by molar-refractivity contribution is 6.07. The zero-order chi connectivity index (χ0) is 21.3. The van der Waals surface area contributed by atoms with Crippen molar-refractivity contribution in [3.8, 4) is 11.5 Å². The van der Waals surface area contributed by atoms with Crippen molar-refractivity contribution in [1.29, 1.82) is 0 Å². The molecule has 0 saturated carbocycles. The Labute approximate surface area is 176 Å². The van der Waals surface area contributed by atoms with Gasteiger partial charge in [0.1, 0.15) is 17.5 Å². The summed E-state index contributed by atoms with van der Waals surface area (Å²) in [5.41, 5.74) is 3.19. The summed E-state index contributed by atoms with van der Waals surface area (Å²) in [6.07, 6.45) is 3.04. The zero-order valence-corrected chi connectivity index (χ0v) is 17.6. The quantitative estimate of drug-likeness (QED) is 0.822. The maximum absolute atomic E-state index is 12.8. The van der Waals surface area contributed by atoms with E-state index in [1.54, 1.807) is 38.3 Å². The summed E-state index contributed by atoms with van der Waals surface area (Å²) in [4.78, 5) is 29.5. The molecular formula is C23H27N3O4. The molecule has 1 N–H and O–H groups in total. The molecule has 2 heterocycles. The molecule has 7 heteroatoms. The number of nitrogens with one attached hydrogen (secondary N) is 1. The molecule has 158 valence electrons. The molecule has 0 aliphatic carbocycles. The molecule has 0 radical (unpaired) electrons. The van der Waals surface area contributed by atoms with Gasteiger partial charge in [0, 0.05) is 37.3 Å². The van der Waals surface area contributed by atoms with Crippen molar-refractivity contribution >= 4 is 23.2 Å². The lowest BCUT2D eigenvalue weighted by atomic mass is 9.96. The van der Waals surface area contributed by atoms with Gasteiger partial charge in [0.25, 0.3) is 5.91 Å². The van der Waals surface area contributed by atoms with Crippen LogP contribution in [0.25, 0.3) is 0 Å². The summed E-state index contributed by atoms with van der Waals surface area (Å²) in [5, 5.41) is 2.94. The number of ether oxygens (including phenoxy) is 2. The number of carbonyl (C=O) groups is 2. The molecule has 0 unspecified atom stereocenters. The Hall–Kier alpha value is -3.22. The Morgan fingerprint density at radius 1 is 1.10 bits per heavy atom. The molecule has 30 heavy (non-hydrogen) atoms. The second kappa shape index (κ2) is 8.26. The number of rotatable bonds is 5. The van der Waals surface area contributed by atoms with E-state index < -0.39 is 0 Å². The Morgan fingerprint density at radius 3 is 2.70 bits per heavy atom. The molecule has 1 atom stereocenters. The van der Waals surface area contributed by atoms with E-state index in [-0.39, 0.29) is 17.9 Å². The van der Waals surface area contributed by atoms with Crippen LogP contribution in [0.3, 0.4) is 0 Å². The zero-order valence-electron chi connectivity index (χ0n) is 17.6. The average molecular weight is 409 g/mol. The molecule has 4 rings (SSSR count). The van der Waals surface area contributed by atoms with Gasteiger partial charge in [0.05, 0.1) is 25.6 Å². The Bertz CT molecular complexity index is 975. The van der Waals surface area contributed by atoms with Crippen LogP contribution in [0.4, 0.5) is 11.4 Å². The van der Waals surface area contributed by atoms with Crippen molar-refractivity contribution in [2.45, 2.75) is 31.8 Å². The van der Waals surface area contributed by atoms with Gasteiger partial charge in [-0.1, -0.05) is 0 Å². The number of benzene rings is 2. The van der Waals surface area contributed by atoms with Gasteiger partial charge in [-0.15, -0.1) is 0 Å². The minimum atomic E-state index is -0.197. The third-order valence-electron chi connectivity index (χ3n) is 5.96. The van der Waals surface area contributed by atoms with Crippen LogP contribution < -0.4 is 24.6 Å². The first-order valence-corrected chi connectivity index (χ1v) is 10.2. The fourth-order valence-electron chi connectivity index (χ4n) is 4.27. The van der Waals surface area contributed by atoms with Crippen LogP contribution >= 0.6 is 0 Å². The van der Waals surface area contributed by atoms with Crippen molar-refractivity contribution < 1.29 is 19.1 Å². The first-order valence-electron chi connectivity index (χ1n) is 10.2. The third kappa shape index (κ3) is 3.56.